The number of piperazine rings is 1. The van der Waals surface area contributed by atoms with E-state index < -0.39 is 0 Å². The first kappa shape index (κ1) is 17.9. The Bertz CT molecular complexity index is 630. The fourth-order valence-electron chi connectivity index (χ4n) is 3.68. The van der Waals surface area contributed by atoms with Gasteiger partial charge in [0.25, 0.3) is 5.91 Å². The highest BCUT2D eigenvalue weighted by Crippen LogP contribution is 2.17. The van der Waals surface area contributed by atoms with Gasteiger partial charge in [0.15, 0.2) is 0 Å². The first-order valence-corrected chi connectivity index (χ1v) is 9.29. The van der Waals surface area contributed by atoms with Crippen molar-refractivity contribution >= 4 is 11.8 Å². The van der Waals surface area contributed by atoms with Crippen molar-refractivity contribution in [2.24, 2.45) is 0 Å². The van der Waals surface area contributed by atoms with E-state index in [-0.39, 0.29) is 17.9 Å². The van der Waals surface area contributed by atoms with Crippen LogP contribution in [0.25, 0.3) is 0 Å². The number of aryl methyl sites for hydroxylation is 3. The number of carbonyl (C=O) groups is 2. The van der Waals surface area contributed by atoms with Crippen LogP contribution in [0.1, 0.15) is 36.0 Å². The quantitative estimate of drug-likeness (QED) is 0.840. The number of carbonyl (C=O) groups excluding carboxylic acids is 2. The molecular weight excluding hydrogens is 316 g/mol. The number of hydrogen-bond donors (Lipinski definition) is 0. The van der Waals surface area contributed by atoms with Crippen molar-refractivity contribution in [2.75, 3.05) is 32.8 Å². The van der Waals surface area contributed by atoms with Gasteiger partial charge in [-0.2, -0.15) is 0 Å². The summed E-state index contributed by atoms with van der Waals surface area (Å²) in [5.41, 5.74) is 3.74. The summed E-state index contributed by atoms with van der Waals surface area (Å²) in [4.78, 5) is 28.6. The van der Waals surface area contributed by atoms with Crippen molar-refractivity contribution in [3.05, 3.63) is 34.9 Å². The molecule has 2 saturated heterocycles. The van der Waals surface area contributed by atoms with Gasteiger partial charge in [0, 0.05) is 39.2 Å². The van der Waals surface area contributed by atoms with Gasteiger partial charge in [-0.1, -0.05) is 23.8 Å². The Morgan fingerprint density at radius 3 is 2.48 bits per heavy atom. The van der Waals surface area contributed by atoms with E-state index in [1.165, 1.54) is 16.7 Å². The molecule has 1 atom stereocenters. The average Bonchev–Trinajstić information content (AvgIpc) is 3.15. The zero-order chi connectivity index (χ0) is 17.8. The van der Waals surface area contributed by atoms with Crippen molar-refractivity contribution < 1.29 is 14.3 Å². The molecule has 2 aliphatic heterocycles. The molecule has 2 aliphatic rings. The molecule has 0 aliphatic carbocycles. The highest BCUT2D eigenvalue weighted by Gasteiger charge is 2.31. The van der Waals surface area contributed by atoms with E-state index in [1.54, 1.807) is 0 Å². The minimum Gasteiger partial charge on any atom is -0.368 e. The van der Waals surface area contributed by atoms with Crippen LogP contribution >= 0.6 is 0 Å². The van der Waals surface area contributed by atoms with Crippen molar-refractivity contribution in [2.45, 2.75) is 45.6 Å². The maximum Gasteiger partial charge on any atom is 0.251 e. The second kappa shape index (κ2) is 8.00. The Kier molecular flexibility index (Phi) is 5.74. The topological polar surface area (TPSA) is 49.9 Å². The molecule has 1 aromatic carbocycles. The maximum absolute atomic E-state index is 12.5. The van der Waals surface area contributed by atoms with Crippen LogP contribution in [0.2, 0.25) is 0 Å². The normalized spacial score (nSPS) is 20.8. The van der Waals surface area contributed by atoms with Crippen LogP contribution < -0.4 is 0 Å². The number of hydrogen-bond acceptors (Lipinski definition) is 3. The van der Waals surface area contributed by atoms with Crippen LogP contribution in [0.15, 0.2) is 18.2 Å². The molecule has 0 aromatic heterocycles. The Labute approximate surface area is 149 Å². The lowest BCUT2D eigenvalue weighted by Gasteiger charge is -2.35. The fourth-order valence-corrected chi connectivity index (χ4v) is 3.68. The summed E-state index contributed by atoms with van der Waals surface area (Å²) < 4.78 is 5.48. The zero-order valence-corrected chi connectivity index (χ0v) is 15.3. The summed E-state index contributed by atoms with van der Waals surface area (Å²) in [6, 6.07) is 6.38. The standard InChI is InChI=1S/C20H28N2O3/c1-15-5-6-17(16(2)14-15)7-8-19(23)21-9-11-22(12-10-21)20(24)18-4-3-13-25-18/h5-6,14,18H,3-4,7-13H2,1-2H3. The van der Waals surface area contributed by atoms with Gasteiger partial charge in [-0.25, -0.2) is 0 Å². The van der Waals surface area contributed by atoms with Gasteiger partial charge in [0.2, 0.25) is 5.91 Å². The lowest BCUT2D eigenvalue weighted by molar-refractivity contribution is -0.146. The van der Waals surface area contributed by atoms with Crippen LogP contribution in [0.3, 0.4) is 0 Å². The van der Waals surface area contributed by atoms with Crippen molar-refractivity contribution in [3.63, 3.8) is 0 Å². The molecule has 2 amide bonds. The van der Waals surface area contributed by atoms with Gasteiger partial charge < -0.3 is 14.5 Å². The largest absolute Gasteiger partial charge is 0.368 e. The molecule has 2 heterocycles. The zero-order valence-electron chi connectivity index (χ0n) is 15.3. The van der Waals surface area contributed by atoms with Gasteiger partial charge >= 0.3 is 0 Å². The Morgan fingerprint density at radius 2 is 1.84 bits per heavy atom. The second-order valence-corrected chi connectivity index (χ2v) is 7.14. The summed E-state index contributed by atoms with van der Waals surface area (Å²) in [7, 11) is 0. The fraction of sp³-hybridized carbons (Fsp3) is 0.600. The molecular formula is C20H28N2O3. The number of amides is 2. The lowest BCUT2D eigenvalue weighted by Crippen LogP contribution is -2.52. The van der Waals surface area contributed by atoms with Crippen molar-refractivity contribution in [3.8, 4) is 0 Å². The van der Waals surface area contributed by atoms with Crippen LogP contribution in [0, 0.1) is 13.8 Å². The van der Waals surface area contributed by atoms with Crippen molar-refractivity contribution in [1.29, 1.82) is 0 Å². The number of nitrogens with zero attached hydrogens (tertiary/aromatic N) is 2. The van der Waals surface area contributed by atoms with E-state index in [0.29, 0.717) is 39.2 Å². The molecule has 1 aromatic rings. The predicted molar refractivity (Wildman–Crippen MR) is 96.4 cm³/mol. The Morgan fingerprint density at radius 1 is 1.12 bits per heavy atom. The van der Waals surface area contributed by atoms with E-state index in [4.69, 9.17) is 4.74 Å². The van der Waals surface area contributed by atoms with Crippen LogP contribution in [-0.4, -0.2) is 60.5 Å². The SMILES string of the molecule is Cc1ccc(CCC(=O)N2CCN(C(=O)C3CCCO3)CC2)c(C)c1. The summed E-state index contributed by atoms with van der Waals surface area (Å²) >= 11 is 0. The molecule has 2 fully saturated rings. The third-order valence-corrected chi connectivity index (χ3v) is 5.26. The molecule has 0 radical (unpaired) electrons. The average molecular weight is 344 g/mol. The maximum atomic E-state index is 12.5. The molecule has 5 nitrogen and oxygen atoms in total. The molecule has 136 valence electrons. The summed E-state index contributed by atoms with van der Waals surface area (Å²) in [6.07, 6.45) is 2.84. The highest BCUT2D eigenvalue weighted by atomic mass is 16.5. The molecule has 5 heteroatoms. The third-order valence-electron chi connectivity index (χ3n) is 5.26. The number of rotatable bonds is 4. The van der Waals surface area contributed by atoms with E-state index in [0.717, 1.165) is 19.3 Å². The van der Waals surface area contributed by atoms with Gasteiger partial charge in [0.1, 0.15) is 6.10 Å². The van der Waals surface area contributed by atoms with Crippen molar-refractivity contribution in [1.82, 2.24) is 9.80 Å². The Balaban J connectivity index is 1.45. The van der Waals surface area contributed by atoms with E-state index in [9.17, 15) is 9.59 Å². The second-order valence-electron chi connectivity index (χ2n) is 7.14. The molecule has 0 spiro atoms. The third kappa shape index (κ3) is 4.40. The predicted octanol–water partition coefficient (Wildman–Crippen LogP) is 2.09. The number of ether oxygens (including phenoxy) is 1. The smallest absolute Gasteiger partial charge is 0.251 e. The Hall–Kier alpha value is -1.88. The molecule has 0 saturated carbocycles. The summed E-state index contributed by atoms with van der Waals surface area (Å²) in [5.74, 6) is 0.282. The molecule has 1 unspecified atom stereocenters. The van der Waals surface area contributed by atoms with Crippen LogP contribution in [0.4, 0.5) is 0 Å². The van der Waals surface area contributed by atoms with E-state index in [1.807, 2.05) is 9.80 Å². The monoisotopic (exact) mass is 344 g/mol. The first-order chi connectivity index (χ1) is 12.0. The van der Waals surface area contributed by atoms with Gasteiger partial charge in [0.05, 0.1) is 0 Å². The molecule has 3 rings (SSSR count). The van der Waals surface area contributed by atoms with Gasteiger partial charge in [-0.05, 0) is 44.2 Å². The van der Waals surface area contributed by atoms with Crippen LogP contribution in [0.5, 0.6) is 0 Å². The summed E-state index contributed by atoms with van der Waals surface area (Å²) in [5, 5.41) is 0. The van der Waals surface area contributed by atoms with E-state index >= 15 is 0 Å². The van der Waals surface area contributed by atoms with Gasteiger partial charge in [-0.3, -0.25) is 9.59 Å². The minimum absolute atomic E-state index is 0.0971. The van der Waals surface area contributed by atoms with E-state index in [2.05, 4.69) is 32.0 Å². The number of benzene rings is 1. The molecule has 0 bridgehead atoms. The molecule has 0 N–H and O–H groups in total. The highest BCUT2D eigenvalue weighted by molar-refractivity contribution is 5.82. The summed E-state index contributed by atoms with van der Waals surface area (Å²) in [6.45, 7) is 7.37. The first-order valence-electron chi connectivity index (χ1n) is 9.29. The lowest BCUT2D eigenvalue weighted by atomic mass is 10.0. The van der Waals surface area contributed by atoms with Crippen LogP contribution in [-0.2, 0) is 20.7 Å². The minimum atomic E-state index is -0.258. The molecule has 25 heavy (non-hydrogen) atoms. The van der Waals surface area contributed by atoms with Gasteiger partial charge in [-0.15, -0.1) is 0 Å².